The van der Waals surface area contributed by atoms with Crippen molar-refractivity contribution >= 4 is 5.97 Å². The first-order valence-corrected chi connectivity index (χ1v) is 19.9. The molecule has 18 nitrogen and oxygen atoms in total. The zero-order valence-electron chi connectivity index (χ0n) is 31.8. The molecule has 21 atom stereocenters. The molecule has 3 heterocycles. The van der Waals surface area contributed by atoms with Crippen LogP contribution in [0.1, 0.15) is 71.6 Å². The highest BCUT2D eigenvalue weighted by atomic mass is 16.8. The Morgan fingerprint density at radius 1 is 0.679 bits per heavy atom. The van der Waals surface area contributed by atoms with E-state index in [4.69, 9.17) is 28.4 Å². The minimum Gasteiger partial charge on any atom is -0.432 e. The number of aliphatic hydroxyl groups is 11. The molecule has 0 amide bonds. The minimum absolute atomic E-state index is 0.121. The Morgan fingerprint density at radius 3 is 1.82 bits per heavy atom. The Morgan fingerprint density at radius 2 is 1.21 bits per heavy atom. The van der Waals surface area contributed by atoms with E-state index in [9.17, 15) is 61.0 Å². The van der Waals surface area contributed by atoms with Crippen LogP contribution >= 0.6 is 0 Å². The van der Waals surface area contributed by atoms with Crippen LogP contribution in [-0.2, 0) is 33.2 Å². The van der Waals surface area contributed by atoms with Crippen LogP contribution < -0.4 is 0 Å². The van der Waals surface area contributed by atoms with Gasteiger partial charge in [-0.05, 0) is 86.5 Å². The van der Waals surface area contributed by atoms with Crippen molar-refractivity contribution in [3.8, 4) is 0 Å². The van der Waals surface area contributed by atoms with Gasteiger partial charge in [0.2, 0.25) is 6.29 Å². The van der Waals surface area contributed by atoms with Gasteiger partial charge in [0.25, 0.3) is 0 Å². The molecule has 0 unspecified atom stereocenters. The molecule has 18 heteroatoms. The van der Waals surface area contributed by atoms with Crippen molar-refractivity contribution in [2.75, 3.05) is 19.8 Å². The summed E-state index contributed by atoms with van der Waals surface area (Å²) in [6, 6.07) is 0. The van der Waals surface area contributed by atoms with E-state index in [0.29, 0.717) is 44.9 Å². The summed E-state index contributed by atoms with van der Waals surface area (Å²) in [6.45, 7) is 6.52. The molecule has 4 saturated carbocycles. The lowest BCUT2D eigenvalue weighted by molar-refractivity contribution is -0.378. The zero-order valence-corrected chi connectivity index (χ0v) is 31.8. The average Bonchev–Trinajstić information content (AvgIpc) is 3.37. The Bertz CT molecular complexity index is 1450. The number of carbonyl (C=O) groups is 1. The smallest absolute Gasteiger partial charge is 0.314 e. The molecule has 7 aliphatic rings. The first-order chi connectivity index (χ1) is 26.4. The van der Waals surface area contributed by atoms with Crippen molar-refractivity contribution in [3.63, 3.8) is 0 Å². The van der Waals surface area contributed by atoms with Gasteiger partial charge in [-0.25, -0.2) is 0 Å². The summed E-state index contributed by atoms with van der Waals surface area (Å²) in [7, 11) is 0. The second-order valence-electron chi connectivity index (χ2n) is 18.0. The van der Waals surface area contributed by atoms with Crippen molar-refractivity contribution in [1.29, 1.82) is 0 Å². The predicted molar refractivity (Wildman–Crippen MR) is 186 cm³/mol. The van der Waals surface area contributed by atoms with E-state index in [-0.39, 0.29) is 22.7 Å². The zero-order chi connectivity index (χ0) is 40.7. The lowest BCUT2D eigenvalue weighted by Gasteiger charge is -2.64. The minimum atomic E-state index is -1.81. The van der Waals surface area contributed by atoms with Crippen molar-refractivity contribution in [1.82, 2.24) is 0 Å². The van der Waals surface area contributed by atoms with E-state index >= 15 is 0 Å². The van der Waals surface area contributed by atoms with Crippen LogP contribution in [0.5, 0.6) is 0 Å². The van der Waals surface area contributed by atoms with Gasteiger partial charge in [-0.15, -0.1) is 0 Å². The fraction of sp³-hybridized carbons (Fsp3) is 0.921. The number of rotatable bonds is 9. The summed E-state index contributed by atoms with van der Waals surface area (Å²) >= 11 is 0. The highest BCUT2D eigenvalue weighted by Crippen LogP contribution is 2.73. The summed E-state index contributed by atoms with van der Waals surface area (Å²) in [5, 5.41) is 114. The highest BCUT2D eigenvalue weighted by molar-refractivity contribution is 5.77. The van der Waals surface area contributed by atoms with Gasteiger partial charge in [-0.2, -0.15) is 0 Å². The maximum absolute atomic E-state index is 14.1. The topological polar surface area (TPSA) is 295 Å². The number of hydrogen-bond donors (Lipinski definition) is 11. The van der Waals surface area contributed by atoms with Crippen LogP contribution in [0.25, 0.3) is 0 Å². The molecule has 11 N–H and O–H groups in total. The van der Waals surface area contributed by atoms with Gasteiger partial charge in [-0.1, -0.05) is 19.9 Å². The molecule has 7 rings (SSSR count). The molecular formula is C38H60O18. The van der Waals surface area contributed by atoms with Crippen molar-refractivity contribution in [2.45, 2.75) is 169 Å². The Hall–Kier alpha value is -1.43. The summed E-state index contributed by atoms with van der Waals surface area (Å²) < 4.78 is 35.6. The summed E-state index contributed by atoms with van der Waals surface area (Å²) in [6.07, 6.45) is -17.8. The van der Waals surface area contributed by atoms with Gasteiger partial charge in [0.05, 0.1) is 30.8 Å². The second-order valence-corrected chi connectivity index (χ2v) is 18.0. The monoisotopic (exact) mass is 804 g/mol. The molecule has 0 radical (unpaired) electrons. The standard InChI is InChI=1S/C38H60O18/c1-16-11-37-9-5-20-35(2,7-4-8-36(20,3)34(50)55-32-29(49)26(46)23(43)18(13-40)52-32)21(37)6-10-38(16,15-37)56-33-30(27(47)24(44)19(14-41)53-33)54-31-28(48)25(45)22(42)17(12-39)51-31/h17-33,39-49H,1,4-15H2,2-3H3/t17-,18-,19-,20+,21+,22-,23+,24-,25+,26+,27+,28-,29+,30-,31+,32+,33-,35-,36-,37-,38-/m1/s1. The van der Waals surface area contributed by atoms with Gasteiger partial charge >= 0.3 is 5.97 Å². The Kier molecular flexibility index (Phi) is 11.9. The normalized spacial score (nSPS) is 54.6. The maximum Gasteiger partial charge on any atom is 0.314 e. The van der Waals surface area contributed by atoms with Crippen LogP contribution in [0, 0.1) is 28.1 Å². The molecule has 0 aromatic rings. The van der Waals surface area contributed by atoms with Crippen LogP contribution in [-0.4, -0.2) is 180 Å². The van der Waals surface area contributed by atoms with Crippen molar-refractivity contribution in [3.05, 3.63) is 12.2 Å². The third-order valence-corrected chi connectivity index (χ3v) is 15.0. The van der Waals surface area contributed by atoms with Crippen molar-refractivity contribution in [2.24, 2.45) is 28.1 Å². The third-order valence-electron chi connectivity index (χ3n) is 15.0. The van der Waals surface area contributed by atoms with E-state index in [1.165, 1.54) is 0 Å². The summed E-state index contributed by atoms with van der Waals surface area (Å²) in [5.41, 5.74) is -1.80. The molecule has 0 aromatic carbocycles. The number of aliphatic hydroxyl groups excluding tert-OH is 11. The van der Waals surface area contributed by atoms with Gasteiger partial charge in [0.15, 0.2) is 12.6 Å². The van der Waals surface area contributed by atoms with Gasteiger partial charge in [0.1, 0.15) is 73.2 Å². The number of fused-ring (bicyclic) bond motifs is 3. The lowest BCUT2D eigenvalue weighted by atomic mass is 9.41. The van der Waals surface area contributed by atoms with Crippen LogP contribution in [0.4, 0.5) is 0 Å². The van der Waals surface area contributed by atoms with Gasteiger partial charge in [-0.3, -0.25) is 4.79 Å². The number of hydrogen-bond acceptors (Lipinski definition) is 18. The fourth-order valence-corrected chi connectivity index (χ4v) is 12.0. The molecule has 7 fully saturated rings. The molecule has 3 saturated heterocycles. The molecule has 0 aromatic heterocycles. The molecule has 2 bridgehead atoms. The highest BCUT2D eigenvalue weighted by Gasteiger charge is 2.69. The molecular weight excluding hydrogens is 744 g/mol. The first kappa shape index (κ1) is 42.7. The lowest BCUT2D eigenvalue weighted by Crippen LogP contribution is -2.65. The average molecular weight is 805 g/mol. The molecule has 56 heavy (non-hydrogen) atoms. The van der Waals surface area contributed by atoms with E-state index in [0.717, 1.165) is 18.4 Å². The van der Waals surface area contributed by atoms with Crippen LogP contribution in [0.15, 0.2) is 12.2 Å². The molecule has 1 spiro atoms. The summed E-state index contributed by atoms with van der Waals surface area (Å²) in [5.74, 6) is -0.591. The number of carbonyl (C=O) groups excluding carboxylic acids is 1. The first-order valence-electron chi connectivity index (χ1n) is 19.9. The van der Waals surface area contributed by atoms with Crippen molar-refractivity contribution < 1.29 is 89.4 Å². The molecule has 320 valence electrons. The largest absolute Gasteiger partial charge is 0.432 e. The van der Waals surface area contributed by atoms with Crippen LogP contribution in [0.3, 0.4) is 0 Å². The maximum atomic E-state index is 14.1. The Balaban J connectivity index is 1.10. The third kappa shape index (κ3) is 6.69. The number of ether oxygens (including phenoxy) is 6. The van der Waals surface area contributed by atoms with Gasteiger partial charge < -0.3 is 84.6 Å². The predicted octanol–water partition coefficient (Wildman–Crippen LogP) is -2.94. The van der Waals surface area contributed by atoms with Crippen LogP contribution in [0.2, 0.25) is 0 Å². The Labute approximate surface area is 324 Å². The van der Waals surface area contributed by atoms with E-state index in [2.05, 4.69) is 13.5 Å². The quantitative estimate of drug-likeness (QED) is 0.0631. The van der Waals surface area contributed by atoms with E-state index < -0.39 is 129 Å². The summed E-state index contributed by atoms with van der Waals surface area (Å²) in [4.78, 5) is 14.1. The van der Waals surface area contributed by atoms with E-state index in [1.54, 1.807) is 0 Å². The van der Waals surface area contributed by atoms with E-state index in [1.807, 2.05) is 6.92 Å². The SMILES string of the molecule is C=C1C[C@@]23CC[C@H]4[C@@](C)(CCC[C@@]4(C)C(=O)O[C@@H]4O[C@H](CO)[C@H](O)[C@H](O)[C@@H]4O)[C@@H]2CC[C@@]1(O[C@H]1O[C@H](CO)[C@@H](O)[C@H](O)[C@H]1O[C@@H]1O[C@H](CO)[C@@H](O)[C@H](O)[C@H]1O)C3. The van der Waals surface area contributed by atoms with Gasteiger partial charge in [0, 0.05) is 0 Å². The molecule has 4 aliphatic carbocycles. The molecule has 3 aliphatic heterocycles. The fourth-order valence-electron chi connectivity index (χ4n) is 12.0. The number of esters is 1. The second kappa shape index (κ2) is 15.6.